The highest BCUT2D eigenvalue weighted by Crippen LogP contribution is 2.28. The van der Waals surface area contributed by atoms with Crippen molar-refractivity contribution < 1.29 is 9.59 Å². The first-order valence-electron chi connectivity index (χ1n) is 8.16. The van der Waals surface area contributed by atoms with Crippen LogP contribution in [-0.4, -0.2) is 22.2 Å². The standard InChI is InChI=1S/C19H24N2O2/c1-4-19(2,3)21-18(23)17-13-15(9-10-20-17)12-16(22)11-14-7-5-6-8-14/h1,9-10,13-14H,5-8,11-12H2,2-3H3,(H,21,23). The second-order valence-corrected chi connectivity index (χ2v) is 6.84. The van der Waals surface area contributed by atoms with E-state index < -0.39 is 5.54 Å². The molecule has 1 N–H and O–H groups in total. The van der Waals surface area contributed by atoms with Crippen molar-refractivity contribution in [3.63, 3.8) is 0 Å². The fourth-order valence-corrected chi connectivity index (χ4v) is 2.93. The molecule has 23 heavy (non-hydrogen) atoms. The quantitative estimate of drug-likeness (QED) is 0.822. The number of carbonyl (C=O) groups is 2. The summed E-state index contributed by atoms with van der Waals surface area (Å²) in [6.07, 6.45) is 12.8. The number of carbonyl (C=O) groups excluding carboxylic acids is 2. The number of nitrogens with zero attached hydrogens (tertiary/aromatic N) is 1. The van der Waals surface area contributed by atoms with E-state index in [4.69, 9.17) is 6.42 Å². The van der Waals surface area contributed by atoms with Crippen LogP contribution in [0.15, 0.2) is 18.3 Å². The van der Waals surface area contributed by atoms with Gasteiger partial charge in [0.15, 0.2) is 0 Å². The maximum atomic E-state index is 12.2. The molecule has 0 atom stereocenters. The molecule has 1 amide bonds. The van der Waals surface area contributed by atoms with Crippen molar-refractivity contribution >= 4 is 11.7 Å². The van der Waals surface area contributed by atoms with E-state index in [0.717, 1.165) is 18.4 Å². The SMILES string of the molecule is C#CC(C)(C)NC(=O)c1cc(CC(=O)CC2CCCC2)ccn1. The third-order valence-corrected chi connectivity index (χ3v) is 4.24. The largest absolute Gasteiger partial charge is 0.335 e. The van der Waals surface area contributed by atoms with Crippen molar-refractivity contribution in [2.45, 2.75) is 57.9 Å². The van der Waals surface area contributed by atoms with E-state index in [1.165, 1.54) is 12.8 Å². The van der Waals surface area contributed by atoms with Crippen molar-refractivity contribution in [3.8, 4) is 12.3 Å². The lowest BCUT2D eigenvalue weighted by molar-refractivity contribution is -0.119. The third-order valence-electron chi connectivity index (χ3n) is 4.24. The Kier molecular flexibility index (Phi) is 5.54. The van der Waals surface area contributed by atoms with Crippen LogP contribution in [0.4, 0.5) is 0 Å². The second-order valence-electron chi connectivity index (χ2n) is 6.84. The minimum Gasteiger partial charge on any atom is -0.335 e. The van der Waals surface area contributed by atoms with E-state index in [-0.39, 0.29) is 11.7 Å². The molecule has 1 heterocycles. The van der Waals surface area contributed by atoms with E-state index >= 15 is 0 Å². The Morgan fingerprint density at radius 3 is 2.74 bits per heavy atom. The molecule has 122 valence electrons. The van der Waals surface area contributed by atoms with Crippen molar-refractivity contribution in [3.05, 3.63) is 29.6 Å². The predicted molar refractivity (Wildman–Crippen MR) is 89.9 cm³/mol. The summed E-state index contributed by atoms with van der Waals surface area (Å²) >= 11 is 0. The monoisotopic (exact) mass is 312 g/mol. The number of hydrogen-bond acceptors (Lipinski definition) is 3. The lowest BCUT2D eigenvalue weighted by Gasteiger charge is -2.19. The Balaban J connectivity index is 1.97. The third kappa shape index (κ3) is 5.21. The highest BCUT2D eigenvalue weighted by Gasteiger charge is 2.21. The minimum absolute atomic E-state index is 0.235. The number of ketones is 1. The maximum absolute atomic E-state index is 12.2. The van der Waals surface area contributed by atoms with E-state index in [1.807, 2.05) is 0 Å². The van der Waals surface area contributed by atoms with Crippen molar-refractivity contribution in [2.75, 3.05) is 0 Å². The van der Waals surface area contributed by atoms with Gasteiger partial charge in [0.2, 0.25) is 0 Å². The van der Waals surface area contributed by atoms with E-state index in [2.05, 4.69) is 16.2 Å². The van der Waals surface area contributed by atoms with E-state index in [1.54, 1.807) is 32.2 Å². The molecule has 0 spiro atoms. The van der Waals surface area contributed by atoms with Gasteiger partial charge in [0, 0.05) is 19.0 Å². The van der Waals surface area contributed by atoms with Crippen LogP contribution < -0.4 is 5.32 Å². The van der Waals surface area contributed by atoms with Gasteiger partial charge in [-0.25, -0.2) is 0 Å². The lowest BCUT2D eigenvalue weighted by Crippen LogP contribution is -2.42. The number of amides is 1. The summed E-state index contributed by atoms with van der Waals surface area (Å²) in [6, 6.07) is 3.46. The number of aromatic nitrogens is 1. The van der Waals surface area contributed by atoms with Crippen LogP contribution in [0, 0.1) is 18.3 Å². The molecule has 0 aromatic carbocycles. The number of rotatable bonds is 6. The average Bonchev–Trinajstić information content (AvgIpc) is 3.00. The van der Waals surface area contributed by atoms with Crippen LogP contribution >= 0.6 is 0 Å². The maximum Gasteiger partial charge on any atom is 0.271 e. The molecular weight excluding hydrogens is 288 g/mol. The first-order chi connectivity index (χ1) is 10.9. The molecule has 4 heteroatoms. The van der Waals surface area contributed by atoms with Gasteiger partial charge in [-0.15, -0.1) is 6.42 Å². The number of pyridine rings is 1. The molecule has 1 saturated carbocycles. The fraction of sp³-hybridized carbons (Fsp3) is 0.526. The van der Waals surface area contributed by atoms with Crippen LogP contribution in [0.2, 0.25) is 0 Å². The predicted octanol–water partition coefficient (Wildman–Crippen LogP) is 2.92. The molecule has 2 rings (SSSR count). The lowest BCUT2D eigenvalue weighted by atomic mass is 9.97. The molecule has 0 saturated heterocycles. The molecule has 0 radical (unpaired) electrons. The number of hydrogen-bond donors (Lipinski definition) is 1. The number of Topliss-reactive ketones (excluding diaryl/α,β-unsaturated/α-hetero) is 1. The molecular formula is C19H24N2O2. The number of nitrogens with one attached hydrogen (secondary N) is 1. The molecule has 1 aliphatic carbocycles. The summed E-state index contributed by atoms with van der Waals surface area (Å²) in [6.45, 7) is 3.50. The second kappa shape index (κ2) is 7.41. The zero-order valence-electron chi connectivity index (χ0n) is 13.9. The van der Waals surface area contributed by atoms with Gasteiger partial charge in [0.1, 0.15) is 11.5 Å². The van der Waals surface area contributed by atoms with Crippen LogP contribution in [0.1, 0.15) is 62.0 Å². The van der Waals surface area contributed by atoms with Gasteiger partial charge in [0.05, 0.1) is 5.54 Å². The van der Waals surface area contributed by atoms with Crippen molar-refractivity contribution in [2.24, 2.45) is 5.92 Å². The average molecular weight is 312 g/mol. The highest BCUT2D eigenvalue weighted by molar-refractivity contribution is 5.93. The molecule has 1 aromatic heterocycles. The normalized spacial score (nSPS) is 15.2. The summed E-state index contributed by atoms with van der Waals surface area (Å²) in [7, 11) is 0. The summed E-state index contributed by atoms with van der Waals surface area (Å²) in [5.74, 6) is 2.97. The van der Waals surface area contributed by atoms with E-state index in [9.17, 15) is 9.59 Å². The Labute approximate surface area is 138 Å². The van der Waals surface area contributed by atoms with Crippen molar-refractivity contribution in [1.29, 1.82) is 0 Å². The zero-order chi connectivity index (χ0) is 16.9. The van der Waals surface area contributed by atoms with Gasteiger partial charge in [-0.3, -0.25) is 14.6 Å². The summed E-state index contributed by atoms with van der Waals surface area (Å²) in [5.41, 5.74) is 0.388. The smallest absolute Gasteiger partial charge is 0.271 e. The molecule has 0 bridgehead atoms. The molecule has 1 aliphatic rings. The van der Waals surface area contributed by atoms with Crippen molar-refractivity contribution in [1.82, 2.24) is 10.3 Å². The van der Waals surface area contributed by atoms with Gasteiger partial charge in [-0.1, -0.05) is 31.6 Å². The topological polar surface area (TPSA) is 59.1 Å². The van der Waals surface area contributed by atoms with Crippen LogP contribution in [-0.2, 0) is 11.2 Å². The van der Waals surface area contributed by atoms with Gasteiger partial charge >= 0.3 is 0 Å². The Bertz CT molecular complexity index is 623. The summed E-state index contributed by atoms with van der Waals surface area (Å²) in [5, 5.41) is 2.74. The molecule has 0 aliphatic heterocycles. The van der Waals surface area contributed by atoms with Gasteiger partial charge in [0.25, 0.3) is 5.91 Å². The molecule has 1 aromatic rings. The van der Waals surface area contributed by atoms with Gasteiger partial charge < -0.3 is 5.32 Å². The minimum atomic E-state index is -0.729. The van der Waals surface area contributed by atoms with E-state index in [0.29, 0.717) is 24.5 Å². The Hall–Kier alpha value is -2.15. The molecule has 0 unspecified atom stereocenters. The highest BCUT2D eigenvalue weighted by atomic mass is 16.2. The van der Waals surface area contributed by atoms with Gasteiger partial charge in [-0.05, 0) is 37.5 Å². The first-order valence-corrected chi connectivity index (χ1v) is 8.16. The Morgan fingerprint density at radius 1 is 1.39 bits per heavy atom. The Morgan fingerprint density at radius 2 is 2.09 bits per heavy atom. The zero-order valence-corrected chi connectivity index (χ0v) is 13.9. The van der Waals surface area contributed by atoms with Crippen LogP contribution in [0.25, 0.3) is 0 Å². The number of terminal acetylenes is 1. The van der Waals surface area contributed by atoms with Gasteiger partial charge in [-0.2, -0.15) is 0 Å². The molecule has 1 fully saturated rings. The van der Waals surface area contributed by atoms with Crippen LogP contribution in [0.3, 0.4) is 0 Å². The summed E-state index contributed by atoms with van der Waals surface area (Å²) in [4.78, 5) is 28.4. The van der Waals surface area contributed by atoms with Crippen LogP contribution in [0.5, 0.6) is 0 Å². The summed E-state index contributed by atoms with van der Waals surface area (Å²) < 4.78 is 0. The fourth-order valence-electron chi connectivity index (χ4n) is 2.93. The molecule has 4 nitrogen and oxygen atoms in total. The first kappa shape index (κ1) is 17.2.